The number of thioether (sulfide) groups is 1. The molecule has 2 amide bonds. The molecule has 0 saturated heterocycles. The molecule has 12 heteroatoms. The molecule has 0 bridgehead atoms. The fourth-order valence-corrected chi connectivity index (χ4v) is 3.83. The van der Waals surface area contributed by atoms with E-state index in [1.54, 1.807) is 0 Å². The molecule has 154 valence electrons. The molecule has 10 nitrogen and oxygen atoms in total. The number of aromatic nitrogens is 2. The zero-order valence-electron chi connectivity index (χ0n) is 15.6. The predicted octanol–water partition coefficient (Wildman–Crippen LogP) is 3.05. The summed E-state index contributed by atoms with van der Waals surface area (Å²) >= 11 is 2.49. The molecule has 0 spiro atoms. The summed E-state index contributed by atoms with van der Waals surface area (Å²) in [7, 11) is 0. The number of rotatable bonds is 7. The van der Waals surface area contributed by atoms with Crippen molar-refractivity contribution in [3.63, 3.8) is 0 Å². The molecule has 3 N–H and O–H groups in total. The maximum absolute atomic E-state index is 12.0. The Morgan fingerprint density at radius 3 is 2.60 bits per heavy atom. The maximum atomic E-state index is 12.0. The number of benzene rings is 2. The van der Waals surface area contributed by atoms with Crippen molar-refractivity contribution in [2.24, 2.45) is 0 Å². The average molecular weight is 444 g/mol. The summed E-state index contributed by atoms with van der Waals surface area (Å²) in [6, 6.07) is 12.9. The lowest BCUT2D eigenvalue weighted by Crippen LogP contribution is -2.42. The average Bonchev–Trinajstić information content (AvgIpc) is 3.17. The predicted molar refractivity (Wildman–Crippen MR) is 114 cm³/mol. The van der Waals surface area contributed by atoms with Crippen molar-refractivity contribution in [2.75, 3.05) is 11.1 Å². The highest BCUT2D eigenvalue weighted by molar-refractivity contribution is 8.01. The van der Waals surface area contributed by atoms with Crippen LogP contribution in [0.1, 0.15) is 15.9 Å². The molecule has 1 aromatic heterocycles. The maximum Gasteiger partial charge on any atom is 0.269 e. The lowest BCUT2D eigenvalue weighted by molar-refractivity contribution is -0.384. The number of amides is 2. The summed E-state index contributed by atoms with van der Waals surface area (Å²) < 4.78 is 0.599. The van der Waals surface area contributed by atoms with Crippen LogP contribution in [-0.4, -0.2) is 32.7 Å². The van der Waals surface area contributed by atoms with E-state index in [2.05, 4.69) is 26.4 Å². The molecule has 3 aromatic rings. The highest BCUT2D eigenvalue weighted by Crippen LogP contribution is 2.27. The molecule has 3 rings (SSSR count). The van der Waals surface area contributed by atoms with Crippen molar-refractivity contribution in [1.29, 1.82) is 0 Å². The number of non-ortho nitro benzene ring substituents is 1. The first-order valence-corrected chi connectivity index (χ1v) is 10.3. The van der Waals surface area contributed by atoms with Crippen LogP contribution in [0.5, 0.6) is 0 Å². The Balaban J connectivity index is 1.44. The monoisotopic (exact) mass is 444 g/mol. The number of nitrogens with one attached hydrogen (secondary N) is 3. The second-order valence-electron chi connectivity index (χ2n) is 5.96. The van der Waals surface area contributed by atoms with Crippen LogP contribution >= 0.6 is 23.1 Å². The van der Waals surface area contributed by atoms with Gasteiger partial charge in [-0.25, -0.2) is 0 Å². The lowest BCUT2D eigenvalue weighted by atomic mass is 10.2. The number of nitrogens with zero attached hydrogens (tertiary/aromatic N) is 3. The van der Waals surface area contributed by atoms with Crippen LogP contribution in [0, 0.1) is 17.0 Å². The third-order valence-corrected chi connectivity index (χ3v) is 5.63. The first-order valence-electron chi connectivity index (χ1n) is 8.54. The normalized spacial score (nSPS) is 10.3. The Kier molecular flexibility index (Phi) is 6.93. The van der Waals surface area contributed by atoms with E-state index in [-0.39, 0.29) is 17.0 Å². The Bertz CT molecular complexity index is 1070. The van der Waals surface area contributed by atoms with Crippen molar-refractivity contribution < 1.29 is 14.5 Å². The summed E-state index contributed by atoms with van der Waals surface area (Å²) in [5.41, 5.74) is 6.62. The molecule has 0 radical (unpaired) electrons. The van der Waals surface area contributed by atoms with Gasteiger partial charge in [0.25, 0.3) is 11.6 Å². The Morgan fingerprint density at radius 1 is 1.13 bits per heavy atom. The van der Waals surface area contributed by atoms with E-state index in [1.807, 2.05) is 31.2 Å². The van der Waals surface area contributed by atoms with Gasteiger partial charge in [-0.3, -0.25) is 30.6 Å². The van der Waals surface area contributed by atoms with E-state index in [4.69, 9.17) is 0 Å². The summed E-state index contributed by atoms with van der Waals surface area (Å²) in [5, 5.41) is 22.4. The van der Waals surface area contributed by atoms with E-state index in [9.17, 15) is 19.7 Å². The molecule has 1 heterocycles. The number of hydrogen-bond acceptors (Lipinski definition) is 9. The minimum atomic E-state index is -0.580. The van der Waals surface area contributed by atoms with Crippen molar-refractivity contribution in [3.05, 3.63) is 69.8 Å². The zero-order valence-corrected chi connectivity index (χ0v) is 17.3. The Labute approximate surface area is 179 Å². The number of carbonyl (C=O) groups is 2. The quantitative estimate of drug-likeness (QED) is 0.287. The van der Waals surface area contributed by atoms with Crippen molar-refractivity contribution in [3.8, 4) is 0 Å². The van der Waals surface area contributed by atoms with Gasteiger partial charge in [-0.1, -0.05) is 35.2 Å². The van der Waals surface area contributed by atoms with E-state index in [1.165, 1.54) is 47.4 Å². The van der Waals surface area contributed by atoms with E-state index >= 15 is 0 Å². The van der Waals surface area contributed by atoms with Crippen LogP contribution < -0.4 is 16.2 Å². The largest absolute Gasteiger partial charge is 0.330 e. The van der Waals surface area contributed by atoms with Crippen LogP contribution in [0.15, 0.2) is 52.9 Å². The molecule has 30 heavy (non-hydrogen) atoms. The van der Waals surface area contributed by atoms with Crippen LogP contribution in [0.4, 0.5) is 16.5 Å². The molecule has 2 aromatic carbocycles. The van der Waals surface area contributed by atoms with Gasteiger partial charge in [-0.2, -0.15) is 0 Å². The Morgan fingerprint density at radius 2 is 1.90 bits per heavy atom. The van der Waals surface area contributed by atoms with Gasteiger partial charge >= 0.3 is 0 Å². The van der Waals surface area contributed by atoms with Crippen LogP contribution in [-0.2, 0) is 4.79 Å². The van der Waals surface area contributed by atoms with E-state index in [0.29, 0.717) is 9.47 Å². The molecule has 0 aliphatic carbocycles. The summed E-state index contributed by atoms with van der Waals surface area (Å²) in [6.07, 6.45) is 0. The molecular weight excluding hydrogens is 428 g/mol. The number of hydrazine groups is 1. The fraction of sp³-hybridized carbons (Fsp3) is 0.111. The van der Waals surface area contributed by atoms with E-state index in [0.717, 1.165) is 11.3 Å². The highest BCUT2D eigenvalue weighted by atomic mass is 32.2. The smallest absolute Gasteiger partial charge is 0.269 e. The standard InChI is InChI=1S/C18H16N6O4S2/c1-11-3-2-4-13(9-11)19-17-22-23-18(30-17)29-10-15(25)20-21-16(26)12-5-7-14(8-6-12)24(27)28/h2-9H,10H2,1H3,(H,19,22)(H,20,25)(H,21,26). The van der Waals surface area contributed by atoms with Crippen molar-refractivity contribution in [2.45, 2.75) is 11.3 Å². The third kappa shape index (κ3) is 5.99. The number of aryl methyl sites for hydroxylation is 1. The van der Waals surface area contributed by atoms with Crippen LogP contribution in [0.3, 0.4) is 0 Å². The van der Waals surface area contributed by atoms with Gasteiger partial charge in [-0.15, -0.1) is 10.2 Å². The number of nitro groups is 1. The van der Waals surface area contributed by atoms with Crippen molar-refractivity contribution >= 4 is 51.4 Å². The van der Waals surface area contributed by atoms with Gasteiger partial charge in [0.2, 0.25) is 11.0 Å². The third-order valence-electron chi connectivity index (χ3n) is 3.66. The van der Waals surface area contributed by atoms with Gasteiger partial charge in [0.05, 0.1) is 10.7 Å². The van der Waals surface area contributed by atoms with Gasteiger partial charge in [0.1, 0.15) is 0 Å². The summed E-state index contributed by atoms with van der Waals surface area (Å²) in [5.74, 6) is -0.984. The van der Waals surface area contributed by atoms with E-state index < -0.39 is 16.7 Å². The number of hydrogen-bond donors (Lipinski definition) is 3. The van der Waals surface area contributed by atoms with Crippen LogP contribution in [0.2, 0.25) is 0 Å². The molecule has 0 aliphatic rings. The SMILES string of the molecule is Cc1cccc(Nc2nnc(SCC(=O)NNC(=O)c3ccc([N+](=O)[O-])cc3)s2)c1. The number of carbonyl (C=O) groups excluding carboxylic acids is 2. The fourth-order valence-electron chi connectivity index (χ4n) is 2.26. The van der Waals surface area contributed by atoms with Crippen molar-refractivity contribution in [1.82, 2.24) is 21.0 Å². The van der Waals surface area contributed by atoms with Gasteiger partial charge in [0, 0.05) is 23.4 Å². The molecular formula is C18H16N6O4S2. The van der Waals surface area contributed by atoms with Gasteiger partial charge < -0.3 is 5.32 Å². The Hall–Kier alpha value is -3.51. The first kappa shape index (κ1) is 21.2. The zero-order chi connectivity index (χ0) is 21.5. The summed E-state index contributed by atoms with van der Waals surface area (Å²) in [6.45, 7) is 1.99. The number of nitro benzene ring substituents is 1. The molecule has 0 atom stereocenters. The van der Waals surface area contributed by atoms with Gasteiger partial charge in [0.15, 0.2) is 4.34 Å². The minimum absolute atomic E-state index is 0.0274. The second kappa shape index (κ2) is 9.80. The molecule has 0 unspecified atom stereocenters. The molecule has 0 fully saturated rings. The minimum Gasteiger partial charge on any atom is -0.330 e. The van der Waals surface area contributed by atoms with Crippen LogP contribution in [0.25, 0.3) is 0 Å². The number of anilines is 2. The molecule has 0 aliphatic heterocycles. The van der Waals surface area contributed by atoms with Gasteiger partial charge in [-0.05, 0) is 36.8 Å². The molecule has 0 saturated carbocycles. The topological polar surface area (TPSA) is 139 Å². The lowest BCUT2D eigenvalue weighted by Gasteiger charge is -2.06. The highest BCUT2D eigenvalue weighted by Gasteiger charge is 2.12. The second-order valence-corrected chi connectivity index (χ2v) is 8.16. The summed E-state index contributed by atoms with van der Waals surface area (Å²) in [4.78, 5) is 34.0. The first-order chi connectivity index (χ1) is 14.4.